The van der Waals surface area contributed by atoms with Gasteiger partial charge in [-0.3, -0.25) is 9.59 Å². The second-order valence-electron chi connectivity index (χ2n) is 12.9. The van der Waals surface area contributed by atoms with Gasteiger partial charge in [0.1, 0.15) is 11.6 Å². The van der Waals surface area contributed by atoms with Gasteiger partial charge >= 0.3 is 6.18 Å². The molecule has 264 valence electrons. The van der Waals surface area contributed by atoms with E-state index in [1.54, 1.807) is 0 Å². The molecule has 3 aromatic heterocycles. The first kappa shape index (κ1) is 35.6. The summed E-state index contributed by atoms with van der Waals surface area (Å²) in [4.78, 5) is 36.2. The van der Waals surface area contributed by atoms with Gasteiger partial charge in [-0.05, 0) is 70.7 Å². The van der Waals surface area contributed by atoms with Crippen molar-refractivity contribution in [1.29, 1.82) is 0 Å². The highest BCUT2D eigenvalue weighted by Crippen LogP contribution is 2.59. The van der Waals surface area contributed by atoms with Crippen LogP contribution in [0.15, 0.2) is 60.3 Å². The van der Waals surface area contributed by atoms with Crippen molar-refractivity contribution in [2.75, 3.05) is 29.9 Å². The van der Waals surface area contributed by atoms with Crippen molar-refractivity contribution >= 4 is 33.5 Å². The van der Waals surface area contributed by atoms with Crippen molar-refractivity contribution in [1.82, 2.24) is 24.1 Å². The van der Waals surface area contributed by atoms with Crippen molar-refractivity contribution < 1.29 is 35.9 Å². The summed E-state index contributed by atoms with van der Waals surface area (Å²) in [5, 5.41) is 6.77. The van der Waals surface area contributed by atoms with Crippen LogP contribution in [0.3, 0.4) is 0 Å². The van der Waals surface area contributed by atoms with Crippen molar-refractivity contribution in [2.24, 2.45) is 11.1 Å². The average molecular weight is 705 g/mol. The van der Waals surface area contributed by atoms with Crippen LogP contribution in [0.1, 0.15) is 63.2 Å². The van der Waals surface area contributed by atoms with Crippen LogP contribution in [-0.2, 0) is 14.8 Å². The number of pyridine rings is 2. The third-order valence-corrected chi connectivity index (χ3v) is 10.4. The molecule has 2 aliphatic rings. The molecule has 0 aromatic carbocycles. The monoisotopic (exact) mass is 704 g/mol. The molecule has 1 aliphatic carbocycles. The number of anilines is 2. The fourth-order valence-corrected chi connectivity index (χ4v) is 7.43. The number of nitrogens with two attached hydrogens (primary N) is 1. The maximum atomic E-state index is 14.2. The van der Waals surface area contributed by atoms with Gasteiger partial charge in [-0.2, -0.15) is 21.6 Å². The second-order valence-corrected chi connectivity index (χ2v) is 14.7. The SMILES string of the molecule is C=CCN(C(=O)c1ccc(-n2ccc(OCCC3(C(F)(F)F)CC3)n2)nc1N1C(C)CC1(C)C)S(=O)(=O)c1cccc(NCCC(N)=O)n1. The number of ether oxygens (including phenoxy) is 1. The number of nitrogens with one attached hydrogen (secondary N) is 1. The minimum absolute atomic E-state index is 0.00618. The fourth-order valence-electron chi connectivity index (χ4n) is 6.12. The molecule has 1 saturated heterocycles. The second kappa shape index (κ2) is 13.3. The third kappa shape index (κ3) is 7.35. The molecule has 1 atom stereocenters. The molecule has 0 radical (unpaired) electrons. The van der Waals surface area contributed by atoms with Gasteiger partial charge in [0.05, 0.1) is 24.1 Å². The highest BCUT2D eigenvalue weighted by Gasteiger charge is 2.62. The van der Waals surface area contributed by atoms with Crippen molar-refractivity contribution in [3.8, 4) is 11.7 Å². The summed E-state index contributed by atoms with van der Waals surface area (Å²) < 4.78 is 75.3. The molecule has 5 rings (SSSR count). The summed E-state index contributed by atoms with van der Waals surface area (Å²) >= 11 is 0. The molecule has 2 amide bonds. The highest BCUT2D eigenvalue weighted by atomic mass is 32.2. The van der Waals surface area contributed by atoms with E-state index in [-0.39, 0.29) is 80.3 Å². The lowest BCUT2D eigenvalue weighted by molar-refractivity contribution is -0.190. The summed E-state index contributed by atoms with van der Waals surface area (Å²) in [6.45, 7) is 9.17. The van der Waals surface area contributed by atoms with Gasteiger partial charge in [-0.15, -0.1) is 11.7 Å². The molecular formula is C32H39F3N8O5S. The van der Waals surface area contributed by atoms with E-state index < -0.39 is 44.0 Å². The number of rotatable bonds is 15. The van der Waals surface area contributed by atoms with Crippen LogP contribution in [0.25, 0.3) is 5.82 Å². The smallest absolute Gasteiger partial charge is 0.394 e. The Morgan fingerprint density at radius 2 is 1.92 bits per heavy atom. The number of hydrogen-bond acceptors (Lipinski definition) is 10. The van der Waals surface area contributed by atoms with Crippen molar-refractivity contribution in [3.05, 3.63) is 60.8 Å². The minimum atomic E-state index is -4.51. The number of hydrogen-bond donors (Lipinski definition) is 2. The first-order valence-electron chi connectivity index (χ1n) is 15.7. The molecule has 3 aromatic rings. The summed E-state index contributed by atoms with van der Waals surface area (Å²) in [6.07, 6.45) is -0.667. The Bertz CT molecular complexity index is 1840. The lowest BCUT2D eigenvalue weighted by Gasteiger charge is -2.55. The zero-order valence-corrected chi connectivity index (χ0v) is 28.2. The lowest BCUT2D eigenvalue weighted by Crippen LogP contribution is -2.62. The summed E-state index contributed by atoms with van der Waals surface area (Å²) in [7, 11) is -4.51. The van der Waals surface area contributed by atoms with E-state index in [0.29, 0.717) is 4.31 Å². The average Bonchev–Trinajstić information content (AvgIpc) is 3.68. The van der Waals surface area contributed by atoms with E-state index in [0.717, 1.165) is 6.42 Å². The normalized spacial score (nSPS) is 17.9. The van der Waals surface area contributed by atoms with E-state index in [4.69, 9.17) is 15.5 Å². The highest BCUT2D eigenvalue weighted by molar-refractivity contribution is 7.89. The molecule has 1 aliphatic heterocycles. The van der Waals surface area contributed by atoms with Gasteiger partial charge in [0, 0.05) is 36.8 Å². The number of primary amides is 1. The summed E-state index contributed by atoms with van der Waals surface area (Å²) in [5.41, 5.74) is 3.07. The van der Waals surface area contributed by atoms with E-state index in [1.807, 2.05) is 25.7 Å². The number of carbonyl (C=O) groups is 2. The van der Waals surface area contributed by atoms with Crippen LogP contribution < -0.4 is 20.7 Å². The molecule has 3 N–H and O–H groups in total. The minimum Gasteiger partial charge on any atom is -0.477 e. The zero-order valence-electron chi connectivity index (χ0n) is 27.4. The number of sulfonamides is 1. The fraction of sp³-hybridized carbons (Fsp3) is 0.469. The predicted molar refractivity (Wildman–Crippen MR) is 175 cm³/mol. The summed E-state index contributed by atoms with van der Waals surface area (Å²) in [6, 6.07) is 8.65. The van der Waals surface area contributed by atoms with Crippen LogP contribution in [0.4, 0.5) is 24.8 Å². The van der Waals surface area contributed by atoms with Crippen LogP contribution in [0.5, 0.6) is 5.88 Å². The Morgan fingerprint density at radius 3 is 2.53 bits per heavy atom. The van der Waals surface area contributed by atoms with Crippen LogP contribution in [0, 0.1) is 5.41 Å². The summed E-state index contributed by atoms with van der Waals surface area (Å²) in [5.74, 6) is -0.612. The Morgan fingerprint density at radius 1 is 1.18 bits per heavy atom. The topological polar surface area (TPSA) is 166 Å². The standard InChI is InChI=1S/C32H39F3N8O5S/c1-5-17-42(49(46,47)27-8-6-7-24(38-27)37-16-11-23(36)44)29(45)22-9-10-25(39-28(22)43-21(2)20-30(43,3)4)41-18-12-26(40-41)48-19-15-31(13-14-31)32(33,34)35/h5-10,12,18,21H,1,11,13-17,19-20H2,2-4H3,(H2,36,44)(H,37,38). The number of carbonyl (C=O) groups excluding carboxylic acids is 2. The first-order chi connectivity index (χ1) is 23.0. The van der Waals surface area contributed by atoms with Gasteiger partial charge in [0.2, 0.25) is 11.8 Å². The Balaban J connectivity index is 1.44. The van der Waals surface area contributed by atoms with Gasteiger partial charge < -0.3 is 20.7 Å². The Hall–Kier alpha value is -4.67. The van der Waals surface area contributed by atoms with E-state index >= 15 is 0 Å². The molecule has 1 unspecified atom stereocenters. The number of aromatic nitrogens is 4. The Labute approximate surface area is 282 Å². The molecule has 2 fully saturated rings. The predicted octanol–water partition coefficient (Wildman–Crippen LogP) is 4.46. The molecule has 1 saturated carbocycles. The van der Waals surface area contributed by atoms with E-state index in [1.165, 1.54) is 53.4 Å². The quantitative estimate of drug-likeness (QED) is 0.216. The number of alkyl halides is 3. The van der Waals surface area contributed by atoms with Gasteiger partial charge in [0.15, 0.2) is 10.8 Å². The zero-order chi connectivity index (χ0) is 35.8. The van der Waals surface area contributed by atoms with Gasteiger partial charge in [-0.1, -0.05) is 12.1 Å². The van der Waals surface area contributed by atoms with E-state index in [9.17, 15) is 31.2 Å². The molecule has 17 heteroatoms. The van der Waals surface area contributed by atoms with Crippen LogP contribution >= 0.6 is 0 Å². The lowest BCUT2D eigenvalue weighted by atomic mass is 9.82. The first-order valence-corrected chi connectivity index (χ1v) is 17.2. The number of nitrogens with zero attached hydrogens (tertiary/aromatic N) is 6. The van der Waals surface area contributed by atoms with Gasteiger partial charge in [-0.25, -0.2) is 19.0 Å². The number of halogens is 3. The van der Waals surface area contributed by atoms with Crippen molar-refractivity contribution in [3.63, 3.8) is 0 Å². The Kier molecular flexibility index (Phi) is 9.69. The molecule has 0 bridgehead atoms. The molecule has 4 heterocycles. The largest absolute Gasteiger partial charge is 0.477 e. The molecule has 13 nitrogen and oxygen atoms in total. The third-order valence-electron chi connectivity index (χ3n) is 8.77. The molecule has 0 spiro atoms. The van der Waals surface area contributed by atoms with Crippen LogP contribution in [0.2, 0.25) is 0 Å². The molecular weight excluding hydrogens is 665 g/mol. The maximum absolute atomic E-state index is 14.2. The van der Waals surface area contributed by atoms with Crippen LogP contribution in [-0.4, -0.2) is 81.7 Å². The maximum Gasteiger partial charge on any atom is 0.394 e. The molecule has 49 heavy (non-hydrogen) atoms. The van der Waals surface area contributed by atoms with Crippen molar-refractivity contribution in [2.45, 2.75) is 75.7 Å². The van der Waals surface area contributed by atoms with Gasteiger partial charge in [0.25, 0.3) is 15.9 Å². The number of amides is 2. The van der Waals surface area contributed by atoms with E-state index in [2.05, 4.69) is 22.0 Å².